The van der Waals surface area contributed by atoms with Crippen molar-refractivity contribution < 1.29 is 28.5 Å². The van der Waals surface area contributed by atoms with Gasteiger partial charge in [-0.2, -0.15) is 0 Å². The zero-order valence-corrected chi connectivity index (χ0v) is 18.8. The molecule has 8 heteroatoms. The van der Waals surface area contributed by atoms with Crippen LogP contribution in [0.4, 0.5) is 5.69 Å². The van der Waals surface area contributed by atoms with Gasteiger partial charge in [-0.25, -0.2) is 0 Å². The Hall–Kier alpha value is -3.07. The molecule has 0 aromatic heterocycles. The number of nitrogens with zero attached hydrogens (tertiary/aromatic N) is 1. The van der Waals surface area contributed by atoms with Gasteiger partial charge in [0, 0.05) is 30.2 Å². The van der Waals surface area contributed by atoms with E-state index in [1.807, 2.05) is 36.4 Å². The highest BCUT2D eigenvalue weighted by atomic mass is 16.7. The van der Waals surface area contributed by atoms with E-state index >= 15 is 0 Å². The van der Waals surface area contributed by atoms with Crippen LogP contribution in [-0.2, 0) is 20.1 Å². The number of ether oxygens (including phenoxy) is 5. The van der Waals surface area contributed by atoms with Crippen molar-refractivity contribution in [3.8, 4) is 17.2 Å². The summed E-state index contributed by atoms with van der Waals surface area (Å²) in [4.78, 5) is 14.8. The van der Waals surface area contributed by atoms with E-state index < -0.39 is 5.79 Å². The molecule has 0 aliphatic carbocycles. The van der Waals surface area contributed by atoms with Crippen molar-refractivity contribution in [2.75, 3.05) is 53.0 Å². The SMILES string of the molecule is COc1cc(/C=C2\C(=O)N(C)c3ccc(C4(CCN)OCCO4)cc32)cc(OC)c1OC. The topological polar surface area (TPSA) is 92.5 Å². The Morgan fingerprint density at radius 1 is 1.06 bits per heavy atom. The number of amides is 1. The monoisotopic (exact) mass is 440 g/mol. The second kappa shape index (κ2) is 8.82. The number of rotatable bonds is 7. The van der Waals surface area contributed by atoms with Gasteiger partial charge < -0.3 is 34.3 Å². The maximum Gasteiger partial charge on any atom is 0.258 e. The zero-order valence-electron chi connectivity index (χ0n) is 18.8. The predicted octanol–water partition coefficient (Wildman–Crippen LogP) is 2.78. The molecular weight excluding hydrogens is 412 g/mol. The average Bonchev–Trinajstić information content (AvgIpc) is 3.38. The number of nitrogens with two attached hydrogens (primary N) is 1. The highest BCUT2D eigenvalue weighted by Gasteiger charge is 2.40. The largest absolute Gasteiger partial charge is 0.493 e. The molecule has 32 heavy (non-hydrogen) atoms. The van der Waals surface area contributed by atoms with Crippen LogP contribution in [0.25, 0.3) is 11.6 Å². The van der Waals surface area contributed by atoms with E-state index in [0.717, 1.165) is 22.4 Å². The van der Waals surface area contributed by atoms with Crippen LogP contribution in [0.1, 0.15) is 23.1 Å². The molecule has 0 unspecified atom stereocenters. The maximum atomic E-state index is 13.1. The van der Waals surface area contributed by atoms with Crippen molar-refractivity contribution in [2.45, 2.75) is 12.2 Å². The Kier molecular flexibility index (Phi) is 6.10. The standard InChI is InChI=1S/C24H28N2O6/c1-26-19-6-5-16(24(7-8-25)31-9-10-32-24)14-17(19)18(23(26)27)11-15-12-20(28-2)22(30-4)21(13-15)29-3/h5-6,11-14H,7-10,25H2,1-4H3/b18-11-. The van der Waals surface area contributed by atoms with Crippen molar-refractivity contribution >= 4 is 23.2 Å². The summed E-state index contributed by atoms with van der Waals surface area (Å²) in [5.41, 5.74) is 9.60. The maximum absolute atomic E-state index is 13.1. The molecule has 4 rings (SSSR count). The van der Waals surface area contributed by atoms with Crippen LogP contribution >= 0.6 is 0 Å². The molecule has 1 amide bonds. The van der Waals surface area contributed by atoms with Crippen LogP contribution in [-0.4, -0.2) is 54.0 Å². The third-order valence-corrected chi connectivity index (χ3v) is 5.85. The fourth-order valence-corrected chi connectivity index (χ4v) is 4.28. The number of hydrogen-bond acceptors (Lipinski definition) is 7. The van der Waals surface area contributed by atoms with Gasteiger partial charge in [-0.3, -0.25) is 4.79 Å². The summed E-state index contributed by atoms with van der Waals surface area (Å²) in [7, 11) is 6.43. The Morgan fingerprint density at radius 3 is 2.28 bits per heavy atom. The molecule has 170 valence electrons. The number of methoxy groups -OCH3 is 3. The fourth-order valence-electron chi connectivity index (χ4n) is 4.28. The highest BCUT2D eigenvalue weighted by molar-refractivity contribution is 6.35. The summed E-state index contributed by atoms with van der Waals surface area (Å²) in [6.45, 7) is 1.43. The second-order valence-corrected chi connectivity index (χ2v) is 7.60. The first-order valence-electron chi connectivity index (χ1n) is 10.4. The Labute approximate surface area is 187 Å². The number of hydrogen-bond donors (Lipinski definition) is 1. The first-order valence-corrected chi connectivity index (χ1v) is 10.4. The van der Waals surface area contributed by atoms with E-state index in [1.54, 1.807) is 33.3 Å². The summed E-state index contributed by atoms with van der Waals surface area (Å²) in [6.07, 6.45) is 2.35. The van der Waals surface area contributed by atoms with Gasteiger partial charge in [0.05, 0.1) is 40.2 Å². The molecule has 0 saturated carbocycles. The Bertz CT molecular complexity index is 1030. The van der Waals surface area contributed by atoms with Gasteiger partial charge in [0.2, 0.25) is 5.75 Å². The van der Waals surface area contributed by atoms with Gasteiger partial charge in [-0.1, -0.05) is 6.07 Å². The van der Waals surface area contributed by atoms with Gasteiger partial charge in [-0.15, -0.1) is 0 Å². The van der Waals surface area contributed by atoms with E-state index in [4.69, 9.17) is 29.4 Å². The molecule has 2 aliphatic heterocycles. The molecular formula is C24H28N2O6. The van der Waals surface area contributed by atoms with Crippen LogP contribution < -0.4 is 24.8 Å². The zero-order chi connectivity index (χ0) is 22.9. The van der Waals surface area contributed by atoms with Gasteiger partial charge in [0.1, 0.15) is 0 Å². The first kappa shape index (κ1) is 22.1. The lowest BCUT2D eigenvalue weighted by Gasteiger charge is -2.28. The Morgan fingerprint density at radius 2 is 1.72 bits per heavy atom. The average molecular weight is 440 g/mol. The van der Waals surface area contributed by atoms with Crippen LogP contribution in [0.15, 0.2) is 30.3 Å². The van der Waals surface area contributed by atoms with Crippen LogP contribution in [0.5, 0.6) is 17.2 Å². The number of benzene rings is 2. The minimum Gasteiger partial charge on any atom is -0.493 e. The molecule has 8 nitrogen and oxygen atoms in total. The number of likely N-dealkylation sites (N-methyl/N-ethyl adjacent to an activating group) is 1. The smallest absolute Gasteiger partial charge is 0.258 e. The van der Waals surface area contributed by atoms with E-state index in [9.17, 15) is 4.79 Å². The molecule has 2 aromatic rings. The fraction of sp³-hybridized carbons (Fsp3) is 0.375. The second-order valence-electron chi connectivity index (χ2n) is 7.60. The summed E-state index contributed by atoms with van der Waals surface area (Å²) in [6, 6.07) is 9.43. The summed E-state index contributed by atoms with van der Waals surface area (Å²) in [5, 5.41) is 0. The lowest BCUT2D eigenvalue weighted by molar-refractivity contribution is -0.168. The summed E-state index contributed by atoms with van der Waals surface area (Å²) < 4.78 is 28.2. The minimum atomic E-state index is -0.883. The number of fused-ring (bicyclic) bond motifs is 1. The molecule has 1 saturated heterocycles. The number of carbonyl (C=O) groups excluding carboxylic acids is 1. The molecule has 2 heterocycles. The molecule has 2 aliphatic rings. The summed E-state index contributed by atoms with van der Waals surface area (Å²) >= 11 is 0. The molecule has 1 fully saturated rings. The first-order chi connectivity index (χ1) is 15.5. The van der Waals surface area contributed by atoms with Gasteiger partial charge in [0.15, 0.2) is 17.3 Å². The van der Waals surface area contributed by atoms with E-state index in [0.29, 0.717) is 49.0 Å². The molecule has 0 bridgehead atoms. The van der Waals surface area contributed by atoms with Crippen molar-refractivity contribution in [1.29, 1.82) is 0 Å². The van der Waals surface area contributed by atoms with E-state index in [1.165, 1.54) is 0 Å². The molecule has 0 atom stereocenters. The van der Waals surface area contributed by atoms with Crippen LogP contribution in [0.3, 0.4) is 0 Å². The third-order valence-electron chi connectivity index (χ3n) is 5.85. The third kappa shape index (κ3) is 3.60. The lowest BCUT2D eigenvalue weighted by Crippen LogP contribution is -2.30. The summed E-state index contributed by atoms with van der Waals surface area (Å²) in [5.74, 6) is 0.536. The lowest BCUT2D eigenvalue weighted by atomic mass is 9.96. The Balaban J connectivity index is 1.83. The van der Waals surface area contributed by atoms with Gasteiger partial charge in [-0.05, 0) is 42.4 Å². The molecule has 2 N–H and O–H groups in total. The van der Waals surface area contributed by atoms with Crippen molar-refractivity contribution in [1.82, 2.24) is 0 Å². The van der Waals surface area contributed by atoms with Crippen LogP contribution in [0, 0.1) is 0 Å². The minimum absolute atomic E-state index is 0.105. The molecule has 0 radical (unpaired) electrons. The van der Waals surface area contributed by atoms with Gasteiger partial charge in [0.25, 0.3) is 5.91 Å². The highest BCUT2D eigenvalue weighted by Crippen LogP contribution is 2.44. The predicted molar refractivity (Wildman–Crippen MR) is 121 cm³/mol. The van der Waals surface area contributed by atoms with Crippen LogP contribution in [0.2, 0.25) is 0 Å². The normalized spacial score (nSPS) is 18.2. The van der Waals surface area contributed by atoms with Crippen molar-refractivity contribution in [2.24, 2.45) is 5.73 Å². The van der Waals surface area contributed by atoms with Gasteiger partial charge >= 0.3 is 0 Å². The molecule has 0 spiro atoms. The van der Waals surface area contributed by atoms with E-state index in [2.05, 4.69) is 0 Å². The molecule has 2 aromatic carbocycles. The van der Waals surface area contributed by atoms with Crippen molar-refractivity contribution in [3.05, 3.63) is 47.0 Å². The number of carbonyl (C=O) groups is 1. The number of anilines is 1. The van der Waals surface area contributed by atoms with E-state index in [-0.39, 0.29) is 5.91 Å². The quantitative estimate of drug-likeness (QED) is 0.662. The van der Waals surface area contributed by atoms with Crippen molar-refractivity contribution in [3.63, 3.8) is 0 Å².